The zero-order chi connectivity index (χ0) is 17.4. The van der Waals surface area contributed by atoms with Crippen LogP contribution in [0, 0.1) is 0 Å². The predicted octanol–water partition coefficient (Wildman–Crippen LogP) is 3.41. The Labute approximate surface area is 144 Å². The molecule has 1 fully saturated rings. The van der Waals surface area contributed by atoms with E-state index < -0.39 is 0 Å². The monoisotopic (exact) mass is 331 g/mol. The quantitative estimate of drug-likeness (QED) is 0.779. The van der Waals surface area contributed by atoms with Gasteiger partial charge in [0.15, 0.2) is 0 Å². The zero-order valence-corrected chi connectivity index (χ0v) is 14.9. The molecule has 0 spiro atoms. The van der Waals surface area contributed by atoms with Crippen molar-refractivity contribution in [3.63, 3.8) is 0 Å². The number of piperidine rings is 1. The van der Waals surface area contributed by atoms with Crippen LogP contribution in [0.2, 0.25) is 0 Å². The molecular weight excluding hydrogens is 302 g/mol. The lowest BCUT2D eigenvalue weighted by molar-refractivity contribution is 0.0607. The Bertz CT molecular complexity index is 559. The van der Waals surface area contributed by atoms with Gasteiger partial charge in [-0.1, -0.05) is 26.7 Å². The number of nitrogens with one attached hydrogen (secondary N) is 1. The molecule has 1 aliphatic heterocycles. The maximum atomic E-state index is 12.8. The smallest absolute Gasteiger partial charge is 0.255 e. The van der Waals surface area contributed by atoms with E-state index >= 15 is 0 Å². The fourth-order valence-electron chi connectivity index (χ4n) is 3.22. The summed E-state index contributed by atoms with van der Waals surface area (Å²) in [7, 11) is 0. The van der Waals surface area contributed by atoms with E-state index in [1.807, 2.05) is 4.90 Å². The first-order valence-corrected chi connectivity index (χ1v) is 9.21. The maximum Gasteiger partial charge on any atom is 0.255 e. The Hall–Kier alpha value is -1.91. The van der Waals surface area contributed by atoms with Gasteiger partial charge >= 0.3 is 0 Å². The van der Waals surface area contributed by atoms with Crippen molar-refractivity contribution in [1.82, 2.24) is 15.2 Å². The molecule has 1 aromatic heterocycles. The third-order valence-electron chi connectivity index (χ3n) is 4.67. The molecule has 2 heterocycles. The maximum absolute atomic E-state index is 12.8. The Balaban J connectivity index is 2.03. The van der Waals surface area contributed by atoms with Crippen molar-refractivity contribution in [3.8, 4) is 0 Å². The number of likely N-dealkylation sites (tertiary alicyclic amines) is 1. The number of unbranched alkanes of at least 4 members (excludes halogenated alkanes) is 2. The summed E-state index contributed by atoms with van der Waals surface area (Å²) in [4.78, 5) is 31.1. The molecule has 1 aromatic rings. The van der Waals surface area contributed by atoms with Gasteiger partial charge in [0.25, 0.3) is 11.8 Å². The van der Waals surface area contributed by atoms with Crippen molar-refractivity contribution in [1.29, 1.82) is 0 Å². The standard InChI is InChI=1S/C19H29N3O2/c1-3-5-7-10-21-18(23)15-12-16(14-20-13-15)19(24)22-11-8-6-9-17(22)4-2/h12-14,17H,3-11H2,1-2H3,(H,21,23). The van der Waals surface area contributed by atoms with Gasteiger partial charge in [0, 0.05) is 31.5 Å². The highest BCUT2D eigenvalue weighted by Gasteiger charge is 2.26. The summed E-state index contributed by atoms with van der Waals surface area (Å²) >= 11 is 0. The predicted molar refractivity (Wildman–Crippen MR) is 95.1 cm³/mol. The normalized spacial score (nSPS) is 17.6. The highest BCUT2D eigenvalue weighted by molar-refractivity contribution is 5.99. The van der Waals surface area contributed by atoms with E-state index in [1.54, 1.807) is 12.3 Å². The SMILES string of the molecule is CCCCCNC(=O)c1cncc(C(=O)N2CCCCC2CC)c1. The fraction of sp³-hybridized carbons (Fsp3) is 0.632. The largest absolute Gasteiger partial charge is 0.352 e. The van der Waals surface area contributed by atoms with Crippen LogP contribution in [0.4, 0.5) is 0 Å². The number of carbonyl (C=O) groups excluding carboxylic acids is 2. The Kier molecular flexibility index (Phi) is 7.22. The van der Waals surface area contributed by atoms with Gasteiger partial charge < -0.3 is 10.2 Å². The Morgan fingerprint density at radius 2 is 2.00 bits per heavy atom. The lowest BCUT2D eigenvalue weighted by Gasteiger charge is -2.35. The molecule has 0 saturated carbocycles. The molecule has 0 aromatic carbocycles. The zero-order valence-electron chi connectivity index (χ0n) is 14.9. The first-order chi connectivity index (χ1) is 11.7. The second kappa shape index (κ2) is 9.40. The lowest BCUT2D eigenvalue weighted by Crippen LogP contribution is -2.43. The molecule has 1 atom stereocenters. The van der Waals surface area contributed by atoms with Gasteiger partial charge in [-0.05, 0) is 38.2 Å². The average molecular weight is 331 g/mol. The summed E-state index contributed by atoms with van der Waals surface area (Å²) in [5.74, 6) is -0.159. The van der Waals surface area contributed by atoms with Crippen molar-refractivity contribution in [2.24, 2.45) is 0 Å². The van der Waals surface area contributed by atoms with Crippen LogP contribution in [-0.4, -0.2) is 40.8 Å². The van der Waals surface area contributed by atoms with E-state index in [4.69, 9.17) is 0 Å². The first kappa shape index (κ1) is 18.4. The number of amides is 2. The topological polar surface area (TPSA) is 62.3 Å². The molecule has 1 N–H and O–H groups in total. The van der Waals surface area contributed by atoms with Gasteiger partial charge in [-0.25, -0.2) is 0 Å². The molecule has 0 radical (unpaired) electrons. The van der Waals surface area contributed by atoms with Gasteiger partial charge in [0.05, 0.1) is 11.1 Å². The number of nitrogens with zero attached hydrogens (tertiary/aromatic N) is 2. The van der Waals surface area contributed by atoms with Crippen LogP contribution in [0.5, 0.6) is 0 Å². The molecule has 2 amide bonds. The number of pyridine rings is 1. The number of hydrogen-bond donors (Lipinski definition) is 1. The lowest BCUT2D eigenvalue weighted by atomic mass is 9.99. The van der Waals surface area contributed by atoms with Crippen LogP contribution in [0.3, 0.4) is 0 Å². The van der Waals surface area contributed by atoms with Crippen LogP contribution in [0.1, 0.15) is 79.5 Å². The number of rotatable bonds is 7. The number of carbonyl (C=O) groups is 2. The molecule has 5 heteroatoms. The molecule has 132 valence electrons. The Morgan fingerprint density at radius 1 is 1.21 bits per heavy atom. The minimum atomic E-state index is -0.154. The third-order valence-corrected chi connectivity index (χ3v) is 4.67. The molecule has 1 unspecified atom stereocenters. The third kappa shape index (κ3) is 4.79. The van der Waals surface area contributed by atoms with Gasteiger partial charge in [0.2, 0.25) is 0 Å². The Morgan fingerprint density at radius 3 is 2.75 bits per heavy atom. The second-order valence-electron chi connectivity index (χ2n) is 6.48. The van der Waals surface area contributed by atoms with Crippen molar-refractivity contribution in [3.05, 3.63) is 29.6 Å². The summed E-state index contributed by atoms with van der Waals surface area (Å²) in [5, 5.41) is 2.90. The highest BCUT2D eigenvalue weighted by Crippen LogP contribution is 2.21. The van der Waals surface area contributed by atoms with Crippen LogP contribution in [0.15, 0.2) is 18.5 Å². The van der Waals surface area contributed by atoms with Crippen molar-refractivity contribution < 1.29 is 9.59 Å². The highest BCUT2D eigenvalue weighted by atomic mass is 16.2. The molecule has 1 saturated heterocycles. The summed E-state index contributed by atoms with van der Waals surface area (Å²) in [6.07, 6.45) is 10.6. The second-order valence-corrected chi connectivity index (χ2v) is 6.48. The minimum Gasteiger partial charge on any atom is -0.352 e. The van der Waals surface area contributed by atoms with Gasteiger partial charge in [-0.3, -0.25) is 14.6 Å². The van der Waals surface area contributed by atoms with Crippen molar-refractivity contribution in [2.45, 2.75) is 64.8 Å². The first-order valence-electron chi connectivity index (χ1n) is 9.21. The van der Waals surface area contributed by atoms with E-state index in [0.29, 0.717) is 23.7 Å². The van der Waals surface area contributed by atoms with E-state index in [1.165, 1.54) is 12.6 Å². The van der Waals surface area contributed by atoms with Crippen molar-refractivity contribution >= 4 is 11.8 Å². The molecule has 2 rings (SSSR count). The summed E-state index contributed by atoms with van der Waals surface area (Å²) in [5.41, 5.74) is 0.971. The summed E-state index contributed by atoms with van der Waals surface area (Å²) < 4.78 is 0. The average Bonchev–Trinajstić information content (AvgIpc) is 2.64. The van der Waals surface area contributed by atoms with Crippen LogP contribution >= 0.6 is 0 Å². The molecular formula is C19H29N3O2. The van der Waals surface area contributed by atoms with Crippen LogP contribution in [-0.2, 0) is 0 Å². The number of hydrogen-bond acceptors (Lipinski definition) is 3. The van der Waals surface area contributed by atoms with E-state index in [2.05, 4.69) is 24.1 Å². The van der Waals surface area contributed by atoms with Gasteiger partial charge in [-0.2, -0.15) is 0 Å². The summed E-state index contributed by atoms with van der Waals surface area (Å²) in [6, 6.07) is 1.98. The molecule has 1 aliphatic rings. The van der Waals surface area contributed by atoms with Gasteiger partial charge in [0.1, 0.15) is 0 Å². The molecule has 24 heavy (non-hydrogen) atoms. The van der Waals surface area contributed by atoms with Crippen LogP contribution < -0.4 is 5.32 Å². The summed E-state index contributed by atoms with van der Waals surface area (Å²) in [6.45, 7) is 5.71. The van der Waals surface area contributed by atoms with Crippen LogP contribution in [0.25, 0.3) is 0 Å². The number of aromatic nitrogens is 1. The molecule has 0 aliphatic carbocycles. The van der Waals surface area contributed by atoms with Crippen molar-refractivity contribution in [2.75, 3.05) is 13.1 Å². The van der Waals surface area contributed by atoms with Gasteiger partial charge in [-0.15, -0.1) is 0 Å². The molecule has 0 bridgehead atoms. The minimum absolute atomic E-state index is 0.00492. The van der Waals surface area contributed by atoms with E-state index in [-0.39, 0.29) is 11.8 Å². The van der Waals surface area contributed by atoms with E-state index in [0.717, 1.165) is 45.1 Å². The molecule has 5 nitrogen and oxygen atoms in total. The fourth-order valence-corrected chi connectivity index (χ4v) is 3.22. The van der Waals surface area contributed by atoms with E-state index in [9.17, 15) is 9.59 Å².